The molecule has 0 spiro atoms. The number of ether oxygens (including phenoxy) is 1. The lowest BCUT2D eigenvalue weighted by atomic mass is 10.1. The molecule has 0 saturated heterocycles. The molecule has 178 valence electrons. The zero-order chi connectivity index (χ0) is 24.5. The second-order valence-electron chi connectivity index (χ2n) is 8.09. The summed E-state index contributed by atoms with van der Waals surface area (Å²) in [7, 11) is 0. The normalized spacial score (nSPS) is 11.5. The summed E-state index contributed by atoms with van der Waals surface area (Å²) in [5.74, 6) is 0.395. The van der Waals surface area contributed by atoms with Crippen LogP contribution >= 0.6 is 0 Å². The summed E-state index contributed by atoms with van der Waals surface area (Å²) in [6, 6.07) is 18.2. The lowest BCUT2D eigenvalue weighted by molar-refractivity contribution is -0.116. The highest BCUT2D eigenvalue weighted by atomic mass is 16.5. The maximum Gasteiger partial charge on any atom is 0.251 e. The highest BCUT2D eigenvalue weighted by Crippen LogP contribution is 2.20. The molecular weight excluding hydrogens is 442 g/mol. The Morgan fingerprint density at radius 2 is 1.89 bits per heavy atom. The molecule has 8 nitrogen and oxygen atoms in total. The first-order valence-corrected chi connectivity index (χ1v) is 11.3. The minimum absolute atomic E-state index is 0.129. The lowest BCUT2D eigenvalue weighted by Gasteiger charge is -2.16. The fraction of sp³-hybridized carbons (Fsp3) is 0.185. The fourth-order valence-electron chi connectivity index (χ4n) is 3.48. The van der Waals surface area contributed by atoms with Crippen LogP contribution in [0.25, 0.3) is 0 Å². The number of anilines is 1. The standard InChI is InChI=1S/C27H27N5O3/c1-20(22-7-9-25(10-8-22)35-18-21-4-3-12-28-17-21)30-27(34)23-5-2-6-24(16-23)31-26(33)11-14-32-15-13-29-19-32/h2-10,12-13,15-17,19-20H,11,14,18H2,1H3,(H,30,34)(H,31,33). The third kappa shape index (κ3) is 7.01. The Labute approximate surface area is 204 Å². The smallest absolute Gasteiger partial charge is 0.251 e. The van der Waals surface area contributed by atoms with Gasteiger partial charge in [0.1, 0.15) is 12.4 Å². The summed E-state index contributed by atoms with van der Waals surface area (Å²) in [6.45, 7) is 2.90. The number of aromatic nitrogens is 3. The Hall–Kier alpha value is -4.46. The van der Waals surface area contributed by atoms with Gasteiger partial charge in [-0.25, -0.2) is 4.98 Å². The molecule has 1 unspecified atom stereocenters. The molecule has 0 bridgehead atoms. The van der Waals surface area contributed by atoms with Crippen LogP contribution in [0, 0.1) is 0 Å². The number of carbonyl (C=O) groups excluding carboxylic acids is 2. The topological polar surface area (TPSA) is 98.1 Å². The van der Waals surface area contributed by atoms with Gasteiger partial charge < -0.3 is 19.9 Å². The van der Waals surface area contributed by atoms with E-state index in [1.807, 2.05) is 54.1 Å². The number of hydrogen-bond donors (Lipinski definition) is 2. The summed E-state index contributed by atoms with van der Waals surface area (Å²) in [5, 5.41) is 5.85. The van der Waals surface area contributed by atoms with Gasteiger partial charge in [-0.3, -0.25) is 14.6 Å². The Balaban J connectivity index is 1.28. The minimum atomic E-state index is -0.219. The average molecular weight is 470 g/mol. The summed E-state index contributed by atoms with van der Waals surface area (Å²) in [5.41, 5.74) is 3.00. The molecule has 0 fully saturated rings. The number of hydrogen-bond acceptors (Lipinski definition) is 5. The van der Waals surface area contributed by atoms with Crippen LogP contribution in [-0.4, -0.2) is 26.3 Å². The number of amides is 2. The van der Waals surface area contributed by atoms with Crippen LogP contribution < -0.4 is 15.4 Å². The highest BCUT2D eigenvalue weighted by molar-refractivity contribution is 5.97. The third-order valence-electron chi connectivity index (χ3n) is 5.42. The van der Waals surface area contributed by atoms with Crippen LogP contribution in [0.2, 0.25) is 0 Å². The Morgan fingerprint density at radius 3 is 2.63 bits per heavy atom. The van der Waals surface area contributed by atoms with Crippen molar-refractivity contribution in [3.05, 3.63) is 108 Å². The van der Waals surface area contributed by atoms with Crippen molar-refractivity contribution in [2.75, 3.05) is 5.32 Å². The van der Waals surface area contributed by atoms with E-state index in [2.05, 4.69) is 20.6 Å². The van der Waals surface area contributed by atoms with E-state index >= 15 is 0 Å². The van der Waals surface area contributed by atoms with Crippen LogP contribution in [0.3, 0.4) is 0 Å². The van der Waals surface area contributed by atoms with Gasteiger partial charge in [0.25, 0.3) is 5.91 Å². The van der Waals surface area contributed by atoms with Gasteiger partial charge in [-0.05, 0) is 48.9 Å². The first kappa shape index (κ1) is 23.7. The van der Waals surface area contributed by atoms with E-state index in [1.165, 1.54) is 0 Å². The molecule has 2 aromatic carbocycles. The van der Waals surface area contributed by atoms with Gasteiger partial charge in [0, 0.05) is 54.6 Å². The van der Waals surface area contributed by atoms with Gasteiger partial charge in [-0.15, -0.1) is 0 Å². The number of rotatable bonds is 10. The number of benzene rings is 2. The van der Waals surface area contributed by atoms with E-state index in [9.17, 15) is 9.59 Å². The molecule has 35 heavy (non-hydrogen) atoms. The van der Waals surface area contributed by atoms with E-state index in [0.29, 0.717) is 30.8 Å². The van der Waals surface area contributed by atoms with Crippen LogP contribution in [-0.2, 0) is 17.9 Å². The third-order valence-corrected chi connectivity index (χ3v) is 5.42. The van der Waals surface area contributed by atoms with Crippen LogP contribution in [0.5, 0.6) is 5.75 Å². The van der Waals surface area contributed by atoms with Crippen molar-refractivity contribution in [2.24, 2.45) is 0 Å². The monoisotopic (exact) mass is 469 g/mol. The number of nitrogens with zero attached hydrogens (tertiary/aromatic N) is 3. The number of pyridine rings is 1. The molecule has 8 heteroatoms. The predicted molar refractivity (Wildman–Crippen MR) is 133 cm³/mol. The van der Waals surface area contributed by atoms with Gasteiger partial charge in [0.15, 0.2) is 0 Å². The average Bonchev–Trinajstić information content (AvgIpc) is 3.41. The summed E-state index contributed by atoms with van der Waals surface area (Å²) >= 11 is 0. The second kappa shape index (κ2) is 11.6. The molecule has 4 rings (SSSR count). The molecular formula is C27H27N5O3. The highest BCUT2D eigenvalue weighted by Gasteiger charge is 2.13. The van der Waals surface area contributed by atoms with Gasteiger partial charge in [-0.1, -0.05) is 24.3 Å². The maximum atomic E-state index is 12.8. The van der Waals surface area contributed by atoms with E-state index in [1.54, 1.807) is 49.2 Å². The predicted octanol–water partition coefficient (Wildman–Crippen LogP) is 4.38. The second-order valence-corrected chi connectivity index (χ2v) is 8.09. The number of nitrogens with one attached hydrogen (secondary N) is 2. The van der Waals surface area contributed by atoms with E-state index in [-0.39, 0.29) is 17.9 Å². The molecule has 0 radical (unpaired) electrons. The molecule has 0 saturated carbocycles. The maximum absolute atomic E-state index is 12.8. The van der Waals surface area contributed by atoms with Gasteiger partial charge in [0.2, 0.25) is 5.91 Å². The molecule has 1 atom stereocenters. The molecule has 0 aliphatic heterocycles. The van der Waals surface area contributed by atoms with E-state index < -0.39 is 0 Å². The Kier molecular flexibility index (Phi) is 7.85. The van der Waals surface area contributed by atoms with Gasteiger partial charge >= 0.3 is 0 Å². The van der Waals surface area contributed by atoms with Gasteiger partial charge in [0.05, 0.1) is 12.4 Å². The molecule has 2 N–H and O–H groups in total. The first-order valence-electron chi connectivity index (χ1n) is 11.3. The van der Waals surface area contributed by atoms with Crippen LogP contribution in [0.15, 0.2) is 91.8 Å². The Bertz CT molecular complexity index is 1240. The van der Waals surface area contributed by atoms with Crippen LogP contribution in [0.4, 0.5) is 5.69 Å². The molecule has 2 amide bonds. The molecule has 0 aliphatic carbocycles. The van der Waals surface area contributed by atoms with Crippen molar-refractivity contribution in [1.82, 2.24) is 19.9 Å². The van der Waals surface area contributed by atoms with Gasteiger partial charge in [-0.2, -0.15) is 0 Å². The zero-order valence-corrected chi connectivity index (χ0v) is 19.4. The SMILES string of the molecule is CC(NC(=O)c1cccc(NC(=O)CCn2ccnc2)c1)c1ccc(OCc2cccnc2)cc1. The van der Waals surface area contributed by atoms with Crippen molar-refractivity contribution in [3.8, 4) is 5.75 Å². The van der Waals surface area contributed by atoms with Crippen molar-refractivity contribution < 1.29 is 14.3 Å². The molecule has 4 aromatic rings. The fourth-order valence-corrected chi connectivity index (χ4v) is 3.48. The van der Waals surface area contributed by atoms with Crippen molar-refractivity contribution >= 4 is 17.5 Å². The Morgan fingerprint density at radius 1 is 1.03 bits per heavy atom. The lowest BCUT2D eigenvalue weighted by Crippen LogP contribution is -2.26. The quantitative estimate of drug-likeness (QED) is 0.359. The number of aryl methyl sites for hydroxylation is 1. The summed E-state index contributed by atoms with van der Waals surface area (Å²) in [4.78, 5) is 33.1. The van der Waals surface area contributed by atoms with Crippen molar-refractivity contribution in [3.63, 3.8) is 0 Å². The number of imidazole rings is 1. The van der Waals surface area contributed by atoms with Crippen molar-refractivity contribution in [1.29, 1.82) is 0 Å². The molecule has 2 aromatic heterocycles. The van der Waals surface area contributed by atoms with Crippen LogP contribution in [0.1, 0.15) is 40.9 Å². The summed E-state index contributed by atoms with van der Waals surface area (Å²) < 4.78 is 7.63. The van der Waals surface area contributed by atoms with E-state index in [4.69, 9.17) is 4.74 Å². The molecule has 2 heterocycles. The largest absolute Gasteiger partial charge is 0.489 e. The first-order chi connectivity index (χ1) is 17.1. The van der Waals surface area contributed by atoms with Crippen molar-refractivity contribution in [2.45, 2.75) is 32.5 Å². The number of carbonyl (C=O) groups is 2. The zero-order valence-electron chi connectivity index (χ0n) is 19.4. The molecule has 0 aliphatic rings. The summed E-state index contributed by atoms with van der Waals surface area (Å²) in [6.07, 6.45) is 8.96. The van der Waals surface area contributed by atoms with E-state index in [0.717, 1.165) is 16.9 Å². The minimum Gasteiger partial charge on any atom is -0.489 e.